The first-order valence-corrected chi connectivity index (χ1v) is 8.86. The number of rotatable bonds is 7. The predicted octanol–water partition coefficient (Wildman–Crippen LogP) is 4.21. The summed E-state index contributed by atoms with van der Waals surface area (Å²) in [6.45, 7) is 2.04. The van der Waals surface area contributed by atoms with E-state index in [1.807, 2.05) is 31.2 Å². The molecular formula is C22H21NO6. The van der Waals surface area contributed by atoms with Gasteiger partial charge in [0.15, 0.2) is 17.3 Å². The average Bonchev–Trinajstić information content (AvgIpc) is 3.27. The number of carbonyl (C=O) groups excluding carboxylic acids is 2. The lowest BCUT2D eigenvalue weighted by atomic mass is 10.1. The fraction of sp³-hybridized carbons (Fsp3) is 0.182. The fourth-order valence-electron chi connectivity index (χ4n) is 2.74. The van der Waals surface area contributed by atoms with Gasteiger partial charge in [0.05, 0.1) is 31.7 Å². The average molecular weight is 395 g/mol. The zero-order valence-corrected chi connectivity index (χ0v) is 16.4. The molecule has 0 spiro atoms. The molecule has 3 aromatic rings. The molecule has 1 aromatic heterocycles. The molecule has 150 valence electrons. The maximum atomic E-state index is 12.8. The number of esters is 1. The van der Waals surface area contributed by atoms with Gasteiger partial charge in [0, 0.05) is 12.1 Å². The number of carbonyl (C=O) groups is 2. The molecule has 0 aliphatic carbocycles. The van der Waals surface area contributed by atoms with E-state index in [2.05, 4.69) is 5.32 Å². The molecule has 3 rings (SSSR count). The summed E-state index contributed by atoms with van der Waals surface area (Å²) in [4.78, 5) is 25.2. The number of amides is 1. The number of benzene rings is 2. The molecular weight excluding hydrogens is 374 g/mol. The number of aryl methyl sites for hydroxylation is 1. The normalized spacial score (nSPS) is 10.3. The lowest BCUT2D eigenvalue weighted by Crippen LogP contribution is -2.16. The van der Waals surface area contributed by atoms with Crippen LogP contribution in [0.25, 0.3) is 0 Å². The Morgan fingerprint density at radius 3 is 2.38 bits per heavy atom. The van der Waals surface area contributed by atoms with Crippen molar-refractivity contribution in [2.45, 2.75) is 13.5 Å². The molecule has 1 N–H and O–H groups in total. The van der Waals surface area contributed by atoms with E-state index in [0.29, 0.717) is 11.5 Å². The smallest absolute Gasteiger partial charge is 0.340 e. The molecule has 0 saturated carbocycles. The third-order valence-corrected chi connectivity index (χ3v) is 4.36. The van der Waals surface area contributed by atoms with E-state index in [4.69, 9.17) is 18.6 Å². The van der Waals surface area contributed by atoms with Crippen LogP contribution in [0.15, 0.2) is 59.2 Å². The summed E-state index contributed by atoms with van der Waals surface area (Å²) in [6.07, 6.45) is 1.39. The number of anilines is 1. The summed E-state index contributed by atoms with van der Waals surface area (Å²) in [6, 6.07) is 13.7. The van der Waals surface area contributed by atoms with Gasteiger partial charge in [-0.2, -0.15) is 0 Å². The van der Waals surface area contributed by atoms with Gasteiger partial charge in [-0.1, -0.05) is 24.3 Å². The second-order valence-electron chi connectivity index (χ2n) is 6.19. The van der Waals surface area contributed by atoms with Crippen LogP contribution in [0.4, 0.5) is 5.69 Å². The van der Waals surface area contributed by atoms with Crippen LogP contribution in [0, 0.1) is 6.92 Å². The number of methoxy groups -OCH3 is 2. The minimum atomic E-state index is -0.607. The van der Waals surface area contributed by atoms with Crippen LogP contribution in [0.2, 0.25) is 0 Å². The molecule has 0 aliphatic heterocycles. The first-order valence-electron chi connectivity index (χ1n) is 8.86. The van der Waals surface area contributed by atoms with Crippen molar-refractivity contribution in [2.24, 2.45) is 0 Å². The first kappa shape index (κ1) is 20.0. The molecule has 0 saturated heterocycles. The van der Waals surface area contributed by atoms with Gasteiger partial charge in [-0.3, -0.25) is 4.79 Å². The molecule has 0 radical (unpaired) electrons. The molecule has 0 aliphatic rings. The second-order valence-corrected chi connectivity index (χ2v) is 6.19. The highest BCUT2D eigenvalue weighted by atomic mass is 16.5. The van der Waals surface area contributed by atoms with E-state index >= 15 is 0 Å². The monoisotopic (exact) mass is 395 g/mol. The lowest BCUT2D eigenvalue weighted by molar-refractivity contribution is 0.0473. The molecule has 29 heavy (non-hydrogen) atoms. The van der Waals surface area contributed by atoms with Gasteiger partial charge in [0.2, 0.25) is 0 Å². The number of ether oxygens (including phenoxy) is 3. The minimum absolute atomic E-state index is 0.103. The van der Waals surface area contributed by atoms with Gasteiger partial charge in [0.25, 0.3) is 5.91 Å². The standard InChI is InChI=1S/C22H21NO6/c1-14-7-4-5-8-15(14)13-29-22(25)16-11-19(26-2)20(27-3)12-17(16)23-21(24)18-9-6-10-28-18/h4-12H,13H2,1-3H3,(H,23,24). The predicted molar refractivity (Wildman–Crippen MR) is 107 cm³/mol. The Hall–Kier alpha value is -3.74. The van der Waals surface area contributed by atoms with E-state index in [1.165, 1.54) is 38.7 Å². The molecule has 1 heterocycles. The van der Waals surface area contributed by atoms with Crippen LogP contribution in [-0.4, -0.2) is 26.1 Å². The maximum Gasteiger partial charge on any atom is 0.340 e. The zero-order chi connectivity index (χ0) is 20.8. The Kier molecular flexibility index (Phi) is 6.19. The van der Waals surface area contributed by atoms with Crippen LogP contribution >= 0.6 is 0 Å². The number of hydrogen-bond donors (Lipinski definition) is 1. The van der Waals surface area contributed by atoms with Crippen molar-refractivity contribution in [3.05, 3.63) is 77.2 Å². The van der Waals surface area contributed by atoms with Crippen molar-refractivity contribution in [1.82, 2.24) is 0 Å². The van der Waals surface area contributed by atoms with Crippen LogP contribution in [0.5, 0.6) is 11.5 Å². The molecule has 0 fully saturated rings. The zero-order valence-electron chi connectivity index (χ0n) is 16.4. The Morgan fingerprint density at radius 1 is 1.00 bits per heavy atom. The van der Waals surface area contributed by atoms with Crippen molar-refractivity contribution in [3.63, 3.8) is 0 Å². The van der Waals surface area contributed by atoms with E-state index < -0.39 is 11.9 Å². The van der Waals surface area contributed by atoms with Gasteiger partial charge in [-0.25, -0.2) is 4.79 Å². The third kappa shape index (κ3) is 4.57. The van der Waals surface area contributed by atoms with E-state index in [9.17, 15) is 9.59 Å². The second kappa shape index (κ2) is 8.97. The van der Waals surface area contributed by atoms with Gasteiger partial charge in [-0.05, 0) is 30.2 Å². The van der Waals surface area contributed by atoms with Crippen LogP contribution in [-0.2, 0) is 11.3 Å². The Labute approximate surface area is 168 Å². The van der Waals surface area contributed by atoms with Crippen LogP contribution in [0.1, 0.15) is 32.0 Å². The largest absolute Gasteiger partial charge is 0.493 e. The Morgan fingerprint density at radius 2 is 1.72 bits per heavy atom. The van der Waals surface area contributed by atoms with Gasteiger partial charge in [0.1, 0.15) is 6.61 Å². The molecule has 1 amide bonds. The van der Waals surface area contributed by atoms with Gasteiger partial charge < -0.3 is 23.9 Å². The molecule has 0 unspecified atom stereocenters. The summed E-state index contributed by atoms with van der Waals surface area (Å²) in [5.74, 6) is -0.304. The number of hydrogen-bond acceptors (Lipinski definition) is 6. The van der Waals surface area contributed by atoms with Crippen molar-refractivity contribution in [1.29, 1.82) is 0 Å². The fourth-order valence-corrected chi connectivity index (χ4v) is 2.74. The Bertz CT molecular complexity index is 1010. The highest BCUT2D eigenvalue weighted by molar-refractivity contribution is 6.07. The van der Waals surface area contributed by atoms with E-state index in [1.54, 1.807) is 6.07 Å². The van der Waals surface area contributed by atoms with Gasteiger partial charge >= 0.3 is 5.97 Å². The summed E-state index contributed by atoms with van der Waals surface area (Å²) >= 11 is 0. The van der Waals surface area contributed by atoms with Crippen molar-refractivity contribution in [2.75, 3.05) is 19.5 Å². The van der Waals surface area contributed by atoms with Crippen LogP contribution in [0.3, 0.4) is 0 Å². The topological polar surface area (TPSA) is 87.0 Å². The highest BCUT2D eigenvalue weighted by Gasteiger charge is 2.21. The summed E-state index contributed by atoms with van der Waals surface area (Å²) in [7, 11) is 2.92. The van der Waals surface area contributed by atoms with Crippen molar-refractivity contribution in [3.8, 4) is 11.5 Å². The SMILES string of the molecule is COc1cc(NC(=O)c2ccco2)c(C(=O)OCc2ccccc2C)cc1OC. The molecule has 0 atom stereocenters. The maximum absolute atomic E-state index is 12.8. The van der Waals surface area contributed by atoms with E-state index in [-0.39, 0.29) is 23.6 Å². The molecule has 0 bridgehead atoms. The van der Waals surface area contributed by atoms with E-state index in [0.717, 1.165) is 11.1 Å². The highest BCUT2D eigenvalue weighted by Crippen LogP contribution is 2.34. The minimum Gasteiger partial charge on any atom is -0.493 e. The summed E-state index contributed by atoms with van der Waals surface area (Å²) in [5.41, 5.74) is 2.26. The quantitative estimate of drug-likeness (QED) is 0.603. The van der Waals surface area contributed by atoms with Crippen molar-refractivity contribution < 1.29 is 28.2 Å². The Balaban J connectivity index is 1.89. The lowest BCUT2D eigenvalue weighted by Gasteiger charge is -2.15. The number of furan rings is 1. The number of nitrogens with one attached hydrogen (secondary N) is 1. The molecule has 7 heteroatoms. The summed E-state index contributed by atoms with van der Waals surface area (Å²) in [5, 5.41) is 2.66. The summed E-state index contributed by atoms with van der Waals surface area (Å²) < 4.78 is 21.1. The third-order valence-electron chi connectivity index (χ3n) is 4.36. The molecule has 2 aromatic carbocycles. The van der Waals surface area contributed by atoms with Crippen molar-refractivity contribution >= 4 is 17.6 Å². The van der Waals surface area contributed by atoms with Crippen LogP contribution < -0.4 is 14.8 Å². The molecule has 7 nitrogen and oxygen atoms in total. The first-order chi connectivity index (χ1) is 14.0. The van der Waals surface area contributed by atoms with Gasteiger partial charge in [-0.15, -0.1) is 0 Å².